The van der Waals surface area contributed by atoms with Crippen LogP contribution in [0.4, 0.5) is 0 Å². The molecule has 3 aromatic rings. The van der Waals surface area contributed by atoms with Gasteiger partial charge < -0.3 is 16.0 Å². The minimum atomic E-state index is -3.19. The van der Waals surface area contributed by atoms with Gasteiger partial charge in [-0.05, 0) is 60.6 Å². The SMILES string of the molecule is CCS(=O)(=O)N1CCC(c2c[nH]c3c(C(N)=O)cc(-c4cncc(CNCCC#N)c4)cc23)CC1. The number of amides is 1. The normalized spacial score (nSPS) is 15.3. The standard InChI is InChI=1S/C25H30N6O3S/c1-2-35(33,34)31-8-4-18(5-9-31)23-16-30-24-21(23)11-19(12-22(24)25(27)32)20-10-17(14-29-15-20)13-28-7-3-6-26/h10-12,14-16,18,28,30H,2-5,7-9,13H2,1H3,(H2,27,32). The minimum absolute atomic E-state index is 0.108. The summed E-state index contributed by atoms with van der Waals surface area (Å²) in [7, 11) is -3.19. The molecular formula is C25H30N6O3S. The number of fused-ring (bicyclic) bond motifs is 1. The molecule has 0 unspecified atom stereocenters. The maximum Gasteiger partial charge on any atom is 0.250 e. The maximum atomic E-state index is 12.3. The van der Waals surface area contributed by atoms with Crippen molar-refractivity contribution < 1.29 is 13.2 Å². The van der Waals surface area contributed by atoms with Crippen molar-refractivity contribution in [2.24, 2.45) is 5.73 Å². The van der Waals surface area contributed by atoms with Crippen molar-refractivity contribution in [2.45, 2.75) is 38.6 Å². The molecule has 1 saturated heterocycles. The van der Waals surface area contributed by atoms with E-state index in [1.165, 1.54) is 0 Å². The van der Waals surface area contributed by atoms with E-state index in [-0.39, 0.29) is 11.7 Å². The molecule has 10 heteroatoms. The summed E-state index contributed by atoms with van der Waals surface area (Å²) < 4.78 is 26.1. The largest absolute Gasteiger partial charge is 0.366 e. The van der Waals surface area contributed by atoms with Gasteiger partial charge in [0.2, 0.25) is 10.0 Å². The number of rotatable bonds is 9. The monoisotopic (exact) mass is 494 g/mol. The van der Waals surface area contributed by atoms with E-state index in [4.69, 9.17) is 11.0 Å². The van der Waals surface area contributed by atoms with Crippen molar-refractivity contribution in [1.82, 2.24) is 19.6 Å². The Balaban J connectivity index is 1.66. The van der Waals surface area contributed by atoms with E-state index < -0.39 is 15.9 Å². The second-order valence-electron chi connectivity index (χ2n) is 8.80. The molecule has 0 spiro atoms. The van der Waals surface area contributed by atoms with E-state index in [2.05, 4.69) is 21.4 Å². The first kappa shape index (κ1) is 24.9. The first-order chi connectivity index (χ1) is 16.8. The Morgan fingerprint density at radius 3 is 2.71 bits per heavy atom. The maximum absolute atomic E-state index is 12.3. The van der Waals surface area contributed by atoms with Crippen LogP contribution in [0.25, 0.3) is 22.0 Å². The number of aromatic amines is 1. The molecule has 1 aliphatic rings. The van der Waals surface area contributed by atoms with Crippen LogP contribution >= 0.6 is 0 Å². The Hall–Kier alpha value is -3.26. The summed E-state index contributed by atoms with van der Waals surface area (Å²) in [5.74, 6) is -0.231. The van der Waals surface area contributed by atoms with Crippen molar-refractivity contribution in [3.8, 4) is 17.2 Å². The molecule has 184 valence electrons. The lowest BCUT2D eigenvalue weighted by Crippen LogP contribution is -2.38. The van der Waals surface area contributed by atoms with Crippen LogP contribution in [-0.2, 0) is 16.6 Å². The van der Waals surface area contributed by atoms with E-state index in [1.54, 1.807) is 29.7 Å². The zero-order chi connectivity index (χ0) is 25.0. The highest BCUT2D eigenvalue weighted by atomic mass is 32.2. The molecule has 35 heavy (non-hydrogen) atoms. The van der Waals surface area contributed by atoms with E-state index in [0.717, 1.165) is 27.6 Å². The van der Waals surface area contributed by atoms with E-state index >= 15 is 0 Å². The number of sulfonamides is 1. The number of aromatic nitrogens is 2. The Kier molecular flexibility index (Phi) is 7.50. The number of benzene rings is 1. The number of H-pyrrole nitrogens is 1. The lowest BCUT2D eigenvalue weighted by Gasteiger charge is -2.31. The number of primary amides is 1. The lowest BCUT2D eigenvalue weighted by molar-refractivity contribution is 0.100. The third-order valence-corrected chi connectivity index (χ3v) is 8.49. The molecule has 4 N–H and O–H groups in total. The van der Waals surface area contributed by atoms with Gasteiger partial charge in [0.25, 0.3) is 5.91 Å². The van der Waals surface area contributed by atoms with Crippen LogP contribution in [0.15, 0.2) is 36.8 Å². The highest BCUT2D eigenvalue weighted by molar-refractivity contribution is 7.89. The Labute approximate surface area is 205 Å². The summed E-state index contributed by atoms with van der Waals surface area (Å²) in [6.45, 7) is 3.83. The van der Waals surface area contributed by atoms with E-state index in [0.29, 0.717) is 56.5 Å². The third kappa shape index (κ3) is 5.37. The first-order valence-corrected chi connectivity index (χ1v) is 13.4. The fourth-order valence-electron chi connectivity index (χ4n) is 4.70. The zero-order valence-corrected chi connectivity index (χ0v) is 20.6. The zero-order valence-electron chi connectivity index (χ0n) is 19.8. The fourth-order valence-corrected chi connectivity index (χ4v) is 5.83. The number of carbonyl (C=O) groups is 1. The van der Waals surface area contributed by atoms with Crippen molar-refractivity contribution in [3.63, 3.8) is 0 Å². The van der Waals surface area contributed by atoms with Gasteiger partial charge in [-0.25, -0.2) is 12.7 Å². The van der Waals surface area contributed by atoms with E-state index in [1.807, 2.05) is 18.3 Å². The quantitative estimate of drug-likeness (QED) is 0.390. The molecule has 2 aromatic heterocycles. The molecule has 9 nitrogen and oxygen atoms in total. The van der Waals surface area contributed by atoms with Crippen LogP contribution in [0.5, 0.6) is 0 Å². The van der Waals surface area contributed by atoms with Gasteiger partial charge in [0, 0.05) is 62.1 Å². The predicted octanol–water partition coefficient (Wildman–Crippen LogP) is 2.86. The molecule has 1 aromatic carbocycles. The number of nitrogens with two attached hydrogens (primary N) is 1. The number of nitrogens with one attached hydrogen (secondary N) is 2. The van der Waals surface area contributed by atoms with Crippen LogP contribution in [0.3, 0.4) is 0 Å². The Morgan fingerprint density at radius 2 is 2.03 bits per heavy atom. The molecular weight excluding hydrogens is 464 g/mol. The molecule has 1 amide bonds. The molecule has 3 heterocycles. The summed E-state index contributed by atoms with van der Waals surface area (Å²) in [4.78, 5) is 19.9. The summed E-state index contributed by atoms with van der Waals surface area (Å²) in [6.07, 6.45) is 7.32. The number of piperidine rings is 1. The molecule has 0 radical (unpaired) electrons. The van der Waals surface area contributed by atoms with Crippen LogP contribution < -0.4 is 11.1 Å². The van der Waals surface area contributed by atoms with Gasteiger partial charge in [-0.15, -0.1) is 0 Å². The molecule has 0 atom stereocenters. The van der Waals surface area contributed by atoms with Gasteiger partial charge in [0.05, 0.1) is 22.9 Å². The smallest absolute Gasteiger partial charge is 0.250 e. The third-order valence-electron chi connectivity index (χ3n) is 6.61. The van der Waals surface area contributed by atoms with Crippen molar-refractivity contribution in [1.29, 1.82) is 5.26 Å². The highest BCUT2D eigenvalue weighted by Gasteiger charge is 2.29. The lowest BCUT2D eigenvalue weighted by atomic mass is 9.88. The summed E-state index contributed by atoms with van der Waals surface area (Å²) in [6, 6.07) is 7.95. The van der Waals surface area contributed by atoms with Gasteiger partial charge in [-0.1, -0.05) is 0 Å². The average Bonchev–Trinajstić information content (AvgIpc) is 3.30. The first-order valence-electron chi connectivity index (χ1n) is 11.8. The summed E-state index contributed by atoms with van der Waals surface area (Å²) in [5.41, 5.74) is 10.6. The predicted molar refractivity (Wildman–Crippen MR) is 135 cm³/mol. The van der Waals surface area contributed by atoms with Crippen LogP contribution in [-0.4, -0.2) is 54.0 Å². The number of nitriles is 1. The van der Waals surface area contributed by atoms with E-state index in [9.17, 15) is 13.2 Å². The van der Waals surface area contributed by atoms with Crippen molar-refractivity contribution in [3.05, 3.63) is 53.5 Å². The molecule has 0 aliphatic carbocycles. The van der Waals surface area contributed by atoms with Crippen LogP contribution in [0.2, 0.25) is 0 Å². The second-order valence-corrected chi connectivity index (χ2v) is 11.1. The second kappa shape index (κ2) is 10.6. The molecule has 0 bridgehead atoms. The Bertz CT molecular complexity index is 1370. The van der Waals surface area contributed by atoms with Crippen molar-refractivity contribution in [2.75, 3.05) is 25.4 Å². The van der Waals surface area contributed by atoms with Crippen LogP contribution in [0, 0.1) is 11.3 Å². The van der Waals surface area contributed by atoms with Gasteiger partial charge >= 0.3 is 0 Å². The summed E-state index contributed by atoms with van der Waals surface area (Å²) >= 11 is 0. The molecule has 1 aliphatic heterocycles. The molecule has 1 fully saturated rings. The van der Waals surface area contributed by atoms with Gasteiger partial charge in [-0.3, -0.25) is 9.78 Å². The Morgan fingerprint density at radius 1 is 1.26 bits per heavy atom. The number of pyridine rings is 1. The number of carbonyl (C=O) groups excluding carboxylic acids is 1. The molecule has 0 saturated carbocycles. The molecule has 4 rings (SSSR count). The topological polar surface area (TPSA) is 145 Å². The van der Waals surface area contributed by atoms with Gasteiger partial charge in [0.15, 0.2) is 0 Å². The van der Waals surface area contributed by atoms with Crippen molar-refractivity contribution >= 4 is 26.8 Å². The van der Waals surface area contributed by atoms with Gasteiger partial charge in [-0.2, -0.15) is 5.26 Å². The number of nitrogens with zero attached hydrogens (tertiary/aromatic N) is 3. The average molecular weight is 495 g/mol. The minimum Gasteiger partial charge on any atom is -0.366 e. The highest BCUT2D eigenvalue weighted by Crippen LogP contribution is 2.37. The summed E-state index contributed by atoms with van der Waals surface area (Å²) in [5, 5.41) is 12.8. The van der Waals surface area contributed by atoms with Crippen LogP contribution in [0.1, 0.15) is 53.6 Å². The fraction of sp³-hybridized carbons (Fsp3) is 0.400. The number of hydrogen-bond donors (Lipinski definition) is 3. The number of hydrogen-bond acceptors (Lipinski definition) is 6. The van der Waals surface area contributed by atoms with Gasteiger partial charge in [0.1, 0.15) is 0 Å².